The van der Waals surface area contributed by atoms with Crippen molar-refractivity contribution in [3.05, 3.63) is 35.4 Å². The van der Waals surface area contributed by atoms with E-state index in [2.05, 4.69) is 43.0 Å². The summed E-state index contributed by atoms with van der Waals surface area (Å²) in [6, 6.07) is 8.82. The van der Waals surface area contributed by atoms with Gasteiger partial charge in [0.1, 0.15) is 0 Å². The van der Waals surface area contributed by atoms with Gasteiger partial charge in [0.25, 0.3) is 0 Å². The molecule has 6 nitrogen and oxygen atoms in total. The molecule has 3 amide bonds. The van der Waals surface area contributed by atoms with Gasteiger partial charge in [-0.2, -0.15) is 0 Å². The summed E-state index contributed by atoms with van der Waals surface area (Å²) < 4.78 is 0. The molecule has 4 rings (SSSR count). The summed E-state index contributed by atoms with van der Waals surface area (Å²) in [6.07, 6.45) is 3.94. The second-order valence-corrected chi connectivity index (χ2v) is 9.63. The summed E-state index contributed by atoms with van der Waals surface area (Å²) >= 11 is 0. The van der Waals surface area contributed by atoms with Crippen LogP contribution in [0.25, 0.3) is 0 Å². The fraction of sp³-hybridized carbons (Fsp3) is 0.640. The van der Waals surface area contributed by atoms with Gasteiger partial charge in [-0.15, -0.1) is 0 Å². The number of benzene rings is 1. The van der Waals surface area contributed by atoms with Crippen LogP contribution in [0, 0.1) is 11.8 Å². The number of likely N-dealkylation sites (tertiary alicyclic amines) is 1. The van der Waals surface area contributed by atoms with Crippen LogP contribution >= 0.6 is 0 Å². The third kappa shape index (κ3) is 4.84. The maximum Gasteiger partial charge on any atom is 0.233 e. The Kier molecular flexibility index (Phi) is 6.75. The summed E-state index contributed by atoms with van der Waals surface area (Å²) in [5.74, 6) is 0.242. The van der Waals surface area contributed by atoms with Gasteiger partial charge < -0.3 is 4.90 Å². The normalized spacial score (nSPS) is 24.7. The van der Waals surface area contributed by atoms with Crippen molar-refractivity contribution in [1.82, 2.24) is 14.7 Å². The first kappa shape index (κ1) is 22.0. The Labute approximate surface area is 185 Å². The molecule has 1 saturated carbocycles. The fourth-order valence-electron chi connectivity index (χ4n) is 5.24. The summed E-state index contributed by atoms with van der Waals surface area (Å²) in [5, 5.41) is 0. The fourth-order valence-corrected chi connectivity index (χ4v) is 5.24. The molecule has 1 aromatic rings. The lowest BCUT2D eigenvalue weighted by atomic mass is 9.81. The number of hydrogen-bond donors (Lipinski definition) is 0. The molecule has 0 bridgehead atoms. The second kappa shape index (κ2) is 9.51. The van der Waals surface area contributed by atoms with Crippen LogP contribution in [-0.2, 0) is 20.9 Å². The van der Waals surface area contributed by atoms with E-state index in [1.165, 1.54) is 16.0 Å². The first-order chi connectivity index (χ1) is 14.9. The van der Waals surface area contributed by atoms with Crippen molar-refractivity contribution in [3.8, 4) is 0 Å². The minimum Gasteiger partial charge on any atom is -0.340 e. The zero-order valence-corrected chi connectivity index (χ0v) is 18.9. The molecule has 2 atom stereocenters. The Morgan fingerprint density at radius 2 is 1.52 bits per heavy atom. The Morgan fingerprint density at radius 1 is 0.935 bits per heavy atom. The zero-order valence-electron chi connectivity index (χ0n) is 18.9. The molecule has 2 heterocycles. The highest BCUT2D eigenvalue weighted by atomic mass is 16.2. The average molecular weight is 426 g/mol. The molecule has 2 saturated heterocycles. The van der Waals surface area contributed by atoms with Crippen LogP contribution < -0.4 is 0 Å². The average Bonchev–Trinajstić information content (AvgIpc) is 3.03. The number of carbonyl (C=O) groups excluding carboxylic acids is 3. The Morgan fingerprint density at radius 3 is 2.06 bits per heavy atom. The van der Waals surface area contributed by atoms with Gasteiger partial charge >= 0.3 is 0 Å². The van der Waals surface area contributed by atoms with Crippen LogP contribution in [0.15, 0.2) is 24.3 Å². The molecule has 3 fully saturated rings. The van der Waals surface area contributed by atoms with E-state index in [9.17, 15) is 14.4 Å². The van der Waals surface area contributed by atoms with Crippen molar-refractivity contribution in [2.45, 2.75) is 58.4 Å². The van der Waals surface area contributed by atoms with E-state index < -0.39 is 0 Å². The number of rotatable bonds is 6. The first-order valence-corrected chi connectivity index (χ1v) is 11.9. The van der Waals surface area contributed by atoms with E-state index in [-0.39, 0.29) is 42.5 Å². The van der Waals surface area contributed by atoms with Crippen LogP contribution in [0.3, 0.4) is 0 Å². The van der Waals surface area contributed by atoms with E-state index in [0.717, 1.165) is 45.3 Å². The maximum atomic E-state index is 12.7. The van der Waals surface area contributed by atoms with E-state index in [0.29, 0.717) is 19.0 Å². The third-order valence-corrected chi connectivity index (χ3v) is 7.26. The number of imide groups is 1. The molecule has 0 aromatic heterocycles. The molecule has 1 aliphatic carbocycles. The molecule has 0 radical (unpaired) electrons. The molecule has 1 aromatic carbocycles. The van der Waals surface area contributed by atoms with Crippen LogP contribution in [0.2, 0.25) is 0 Å². The van der Waals surface area contributed by atoms with Gasteiger partial charge in [-0.3, -0.25) is 24.2 Å². The number of nitrogens with zero attached hydrogens (tertiary/aromatic N) is 3. The van der Waals surface area contributed by atoms with E-state index >= 15 is 0 Å². The predicted molar refractivity (Wildman–Crippen MR) is 119 cm³/mol. The largest absolute Gasteiger partial charge is 0.340 e. The van der Waals surface area contributed by atoms with Gasteiger partial charge in [0.05, 0.1) is 11.8 Å². The van der Waals surface area contributed by atoms with Crippen LogP contribution in [0.5, 0.6) is 0 Å². The van der Waals surface area contributed by atoms with Crippen LogP contribution in [0.1, 0.15) is 63.0 Å². The summed E-state index contributed by atoms with van der Waals surface area (Å²) in [4.78, 5) is 43.5. The Balaban J connectivity index is 1.22. The number of piperazine rings is 1. The molecule has 2 unspecified atom stereocenters. The van der Waals surface area contributed by atoms with Gasteiger partial charge in [-0.1, -0.05) is 51.0 Å². The highest BCUT2D eigenvalue weighted by Gasteiger charge is 2.47. The number of amides is 3. The molecule has 0 spiro atoms. The lowest BCUT2D eigenvalue weighted by Gasteiger charge is -2.35. The van der Waals surface area contributed by atoms with Crippen molar-refractivity contribution in [2.24, 2.45) is 11.8 Å². The summed E-state index contributed by atoms with van der Waals surface area (Å²) in [6.45, 7) is 8.66. The van der Waals surface area contributed by atoms with Gasteiger partial charge in [0.2, 0.25) is 17.7 Å². The first-order valence-electron chi connectivity index (χ1n) is 11.9. The lowest BCUT2D eigenvalue weighted by molar-refractivity contribution is -0.141. The summed E-state index contributed by atoms with van der Waals surface area (Å²) in [7, 11) is 0. The molecule has 0 N–H and O–H groups in total. The molecule has 6 heteroatoms. The number of fused-ring (bicyclic) bond motifs is 1. The molecule has 3 aliphatic rings. The van der Waals surface area contributed by atoms with Crippen LogP contribution in [-0.4, -0.2) is 65.1 Å². The molecule has 168 valence electrons. The monoisotopic (exact) mass is 425 g/mol. The van der Waals surface area contributed by atoms with Crippen LogP contribution in [0.4, 0.5) is 0 Å². The standard InChI is InChI=1S/C25H35N3O3/c1-18(2)20-9-7-19(8-10-20)17-26-13-15-27(16-14-26)23(29)11-12-28-24(30)21-5-3-4-6-22(21)25(28)31/h7-10,18,21-22H,3-6,11-17H2,1-2H3. The highest BCUT2D eigenvalue weighted by Crippen LogP contribution is 2.38. The van der Waals surface area contributed by atoms with Crippen molar-refractivity contribution < 1.29 is 14.4 Å². The van der Waals surface area contributed by atoms with Gasteiger partial charge in [0, 0.05) is 45.7 Å². The maximum absolute atomic E-state index is 12.7. The second-order valence-electron chi connectivity index (χ2n) is 9.63. The van der Waals surface area contributed by atoms with Crippen molar-refractivity contribution in [1.29, 1.82) is 0 Å². The van der Waals surface area contributed by atoms with Crippen molar-refractivity contribution >= 4 is 17.7 Å². The molecular formula is C25H35N3O3. The lowest BCUT2D eigenvalue weighted by Crippen LogP contribution is -2.49. The summed E-state index contributed by atoms with van der Waals surface area (Å²) in [5.41, 5.74) is 2.66. The quantitative estimate of drug-likeness (QED) is 0.658. The predicted octanol–water partition coefficient (Wildman–Crippen LogP) is 3.02. The Hall–Kier alpha value is -2.21. The molecule has 2 aliphatic heterocycles. The highest BCUT2D eigenvalue weighted by molar-refractivity contribution is 6.05. The van der Waals surface area contributed by atoms with Crippen molar-refractivity contribution in [3.63, 3.8) is 0 Å². The SMILES string of the molecule is CC(C)c1ccc(CN2CCN(C(=O)CCN3C(=O)C4CCCCC4C3=O)CC2)cc1. The topological polar surface area (TPSA) is 60.9 Å². The number of hydrogen-bond acceptors (Lipinski definition) is 4. The minimum absolute atomic E-state index is 0.0456. The third-order valence-electron chi connectivity index (χ3n) is 7.26. The molecular weight excluding hydrogens is 390 g/mol. The van der Waals surface area contributed by atoms with E-state index in [1.54, 1.807) is 0 Å². The van der Waals surface area contributed by atoms with Gasteiger partial charge in [-0.25, -0.2) is 0 Å². The zero-order chi connectivity index (χ0) is 22.0. The van der Waals surface area contributed by atoms with E-state index in [4.69, 9.17) is 0 Å². The molecule has 31 heavy (non-hydrogen) atoms. The van der Waals surface area contributed by atoms with Crippen molar-refractivity contribution in [2.75, 3.05) is 32.7 Å². The van der Waals surface area contributed by atoms with E-state index in [1.807, 2.05) is 4.90 Å². The smallest absolute Gasteiger partial charge is 0.233 e. The number of carbonyl (C=O) groups is 3. The minimum atomic E-state index is -0.130. The van der Waals surface area contributed by atoms with Gasteiger partial charge in [-0.05, 0) is 29.9 Å². The Bertz CT molecular complexity index is 788. The van der Waals surface area contributed by atoms with Gasteiger partial charge in [0.15, 0.2) is 0 Å².